The molecule has 172 valence electrons. The average Bonchev–Trinajstić information content (AvgIpc) is 3.56. The van der Waals surface area contributed by atoms with E-state index in [9.17, 15) is 9.59 Å². The van der Waals surface area contributed by atoms with E-state index in [1.807, 2.05) is 34.5 Å². The summed E-state index contributed by atoms with van der Waals surface area (Å²) in [5.74, 6) is 0.791. The number of hydrogen-bond acceptors (Lipinski definition) is 6. The van der Waals surface area contributed by atoms with Crippen molar-refractivity contribution in [3.05, 3.63) is 70.2 Å². The molecule has 33 heavy (non-hydrogen) atoms. The summed E-state index contributed by atoms with van der Waals surface area (Å²) in [4.78, 5) is 31.0. The number of hydrogen-bond donors (Lipinski definition) is 2. The highest BCUT2D eigenvalue weighted by atomic mass is 32.1. The molecular weight excluding hydrogens is 440 g/mol. The van der Waals surface area contributed by atoms with Crippen molar-refractivity contribution in [1.82, 2.24) is 15.2 Å². The van der Waals surface area contributed by atoms with Crippen LogP contribution in [0.4, 0.5) is 10.5 Å². The van der Waals surface area contributed by atoms with Crippen LogP contribution in [0.2, 0.25) is 0 Å². The van der Waals surface area contributed by atoms with Crippen LogP contribution in [0.1, 0.15) is 34.5 Å². The van der Waals surface area contributed by atoms with Gasteiger partial charge in [-0.2, -0.15) is 0 Å². The first-order chi connectivity index (χ1) is 16.1. The fraction of sp³-hybridized carbons (Fsp3) is 0.292. The Balaban J connectivity index is 1.33. The van der Waals surface area contributed by atoms with Gasteiger partial charge in [0.05, 0.1) is 18.3 Å². The lowest BCUT2D eigenvalue weighted by Gasteiger charge is -2.16. The molecule has 2 aromatic carbocycles. The Kier molecular flexibility index (Phi) is 7.41. The van der Waals surface area contributed by atoms with E-state index in [4.69, 9.17) is 9.47 Å². The van der Waals surface area contributed by atoms with Gasteiger partial charge in [-0.3, -0.25) is 4.79 Å². The van der Waals surface area contributed by atoms with Gasteiger partial charge in [-0.1, -0.05) is 12.1 Å². The molecule has 0 spiro atoms. The van der Waals surface area contributed by atoms with Crippen LogP contribution in [0.5, 0.6) is 11.5 Å². The molecule has 4 rings (SSSR count). The fourth-order valence-corrected chi connectivity index (χ4v) is 4.10. The Morgan fingerprint density at radius 1 is 1.12 bits per heavy atom. The zero-order valence-electron chi connectivity index (χ0n) is 18.4. The molecule has 2 heterocycles. The van der Waals surface area contributed by atoms with Gasteiger partial charge >= 0.3 is 6.03 Å². The van der Waals surface area contributed by atoms with Crippen LogP contribution in [-0.2, 0) is 13.2 Å². The summed E-state index contributed by atoms with van der Waals surface area (Å²) >= 11 is 1.51. The molecule has 8 nitrogen and oxygen atoms in total. The zero-order chi connectivity index (χ0) is 23.0. The van der Waals surface area contributed by atoms with Gasteiger partial charge in [-0.15, -0.1) is 11.3 Å². The molecule has 1 aliphatic heterocycles. The lowest BCUT2D eigenvalue weighted by Crippen LogP contribution is -2.32. The van der Waals surface area contributed by atoms with Gasteiger partial charge in [0, 0.05) is 36.3 Å². The third-order valence-corrected chi connectivity index (χ3v) is 5.94. The lowest BCUT2D eigenvalue weighted by molar-refractivity contribution is 0.0950. The minimum Gasteiger partial charge on any atom is -0.493 e. The smallest absolute Gasteiger partial charge is 0.321 e. The fourth-order valence-electron chi connectivity index (χ4n) is 3.55. The normalized spacial score (nSPS) is 12.9. The van der Waals surface area contributed by atoms with E-state index >= 15 is 0 Å². The van der Waals surface area contributed by atoms with Crippen LogP contribution in [0.15, 0.2) is 53.4 Å². The molecule has 2 N–H and O–H groups in total. The van der Waals surface area contributed by atoms with Gasteiger partial charge in [-0.25, -0.2) is 9.78 Å². The number of carbonyl (C=O) groups excluding carboxylic acids is 2. The molecule has 1 fully saturated rings. The van der Waals surface area contributed by atoms with Crippen LogP contribution in [0.3, 0.4) is 0 Å². The van der Waals surface area contributed by atoms with Gasteiger partial charge in [-0.05, 0) is 48.7 Å². The molecule has 0 aliphatic carbocycles. The van der Waals surface area contributed by atoms with Gasteiger partial charge < -0.3 is 25.0 Å². The maximum atomic E-state index is 12.7. The Morgan fingerprint density at radius 3 is 2.73 bits per heavy atom. The van der Waals surface area contributed by atoms with Crippen molar-refractivity contribution in [3.63, 3.8) is 0 Å². The Hall–Kier alpha value is -3.59. The highest BCUT2D eigenvalue weighted by molar-refractivity contribution is 7.07. The minimum atomic E-state index is -0.231. The molecule has 0 radical (unpaired) electrons. The minimum absolute atomic E-state index is 0.0853. The highest BCUT2D eigenvalue weighted by Gasteiger charge is 2.18. The maximum absolute atomic E-state index is 12.7. The van der Waals surface area contributed by atoms with E-state index in [-0.39, 0.29) is 11.9 Å². The van der Waals surface area contributed by atoms with E-state index in [1.54, 1.807) is 23.7 Å². The summed E-state index contributed by atoms with van der Waals surface area (Å²) in [5.41, 5.74) is 4.65. The van der Waals surface area contributed by atoms with Crippen molar-refractivity contribution in [2.75, 3.05) is 25.5 Å². The standard InChI is InChI=1S/C24H26N4O4S/c1-31-22-12-18(7-8-21(22)32-14-20-15-33-16-26-20)23(29)25-13-17-5-4-6-19(11-17)27-24(30)28-9-2-3-10-28/h4-8,11-12,15-16H,2-3,9-10,13-14H2,1H3,(H,25,29)(H,27,30). The summed E-state index contributed by atoms with van der Waals surface area (Å²) in [6.45, 7) is 2.24. The van der Waals surface area contributed by atoms with E-state index in [0.29, 0.717) is 35.9 Å². The highest BCUT2D eigenvalue weighted by Crippen LogP contribution is 2.29. The number of amides is 3. The second-order valence-corrected chi connectivity index (χ2v) is 8.36. The van der Waals surface area contributed by atoms with Crippen LogP contribution in [0.25, 0.3) is 0 Å². The number of urea groups is 1. The van der Waals surface area contributed by atoms with Crippen LogP contribution < -0.4 is 20.1 Å². The summed E-state index contributed by atoms with van der Waals surface area (Å²) in [6, 6.07) is 12.4. The molecule has 3 amide bonds. The number of ether oxygens (including phenoxy) is 2. The number of nitrogens with zero attached hydrogens (tertiary/aromatic N) is 2. The molecule has 1 saturated heterocycles. The van der Waals surface area contributed by atoms with Gasteiger partial charge in [0.2, 0.25) is 0 Å². The van der Waals surface area contributed by atoms with Gasteiger partial charge in [0.15, 0.2) is 11.5 Å². The van der Waals surface area contributed by atoms with Crippen LogP contribution >= 0.6 is 11.3 Å². The molecule has 1 aliphatic rings. The number of aromatic nitrogens is 1. The average molecular weight is 467 g/mol. The van der Waals surface area contributed by atoms with Crippen molar-refractivity contribution < 1.29 is 19.1 Å². The van der Waals surface area contributed by atoms with Crippen molar-refractivity contribution >= 4 is 29.0 Å². The first kappa shape index (κ1) is 22.6. The third-order valence-electron chi connectivity index (χ3n) is 5.31. The topological polar surface area (TPSA) is 92.8 Å². The maximum Gasteiger partial charge on any atom is 0.321 e. The molecule has 0 bridgehead atoms. The molecule has 3 aromatic rings. The van der Waals surface area contributed by atoms with E-state index in [2.05, 4.69) is 15.6 Å². The SMILES string of the molecule is COc1cc(C(=O)NCc2cccc(NC(=O)N3CCCC3)c2)ccc1OCc1cscn1. The monoisotopic (exact) mass is 466 g/mol. The van der Waals surface area contributed by atoms with E-state index < -0.39 is 0 Å². The number of nitrogens with one attached hydrogen (secondary N) is 2. The van der Waals surface area contributed by atoms with Crippen molar-refractivity contribution in [2.45, 2.75) is 26.0 Å². The summed E-state index contributed by atoms with van der Waals surface area (Å²) in [5, 5.41) is 7.75. The van der Waals surface area contributed by atoms with Gasteiger partial charge in [0.25, 0.3) is 5.91 Å². The number of thiazole rings is 1. The number of likely N-dealkylation sites (tertiary alicyclic amines) is 1. The predicted molar refractivity (Wildman–Crippen MR) is 127 cm³/mol. The number of methoxy groups -OCH3 is 1. The van der Waals surface area contributed by atoms with Crippen molar-refractivity contribution in [2.24, 2.45) is 0 Å². The summed E-state index contributed by atoms with van der Waals surface area (Å²) in [7, 11) is 1.54. The first-order valence-electron chi connectivity index (χ1n) is 10.7. The Morgan fingerprint density at radius 2 is 1.97 bits per heavy atom. The Labute approximate surface area is 196 Å². The van der Waals surface area contributed by atoms with E-state index in [1.165, 1.54) is 18.4 Å². The molecule has 0 atom stereocenters. The van der Waals surface area contributed by atoms with Crippen LogP contribution in [0, 0.1) is 0 Å². The summed E-state index contributed by atoms with van der Waals surface area (Å²) in [6.07, 6.45) is 2.09. The second kappa shape index (κ2) is 10.8. The number of anilines is 1. The number of carbonyl (C=O) groups is 2. The largest absolute Gasteiger partial charge is 0.493 e. The third kappa shape index (κ3) is 6.01. The lowest BCUT2D eigenvalue weighted by atomic mass is 10.1. The van der Waals surface area contributed by atoms with E-state index in [0.717, 1.165) is 37.2 Å². The van der Waals surface area contributed by atoms with Crippen LogP contribution in [-0.4, -0.2) is 42.0 Å². The van der Waals surface area contributed by atoms with Crippen molar-refractivity contribution in [1.29, 1.82) is 0 Å². The zero-order valence-corrected chi connectivity index (χ0v) is 19.2. The summed E-state index contributed by atoms with van der Waals surface area (Å²) < 4.78 is 11.2. The number of benzene rings is 2. The predicted octanol–water partition coefficient (Wildman–Crippen LogP) is 4.29. The molecule has 0 saturated carbocycles. The molecule has 0 unspecified atom stereocenters. The Bertz CT molecular complexity index is 1100. The molecule has 9 heteroatoms. The first-order valence-corrected chi connectivity index (χ1v) is 11.7. The molecular formula is C24H26N4O4S. The number of rotatable bonds is 8. The van der Waals surface area contributed by atoms with Crippen molar-refractivity contribution in [3.8, 4) is 11.5 Å². The van der Waals surface area contributed by atoms with Gasteiger partial charge in [0.1, 0.15) is 6.61 Å². The quantitative estimate of drug-likeness (QED) is 0.517. The molecule has 1 aromatic heterocycles. The second-order valence-electron chi connectivity index (χ2n) is 7.64.